The number of alkyl halides is 1. The monoisotopic (exact) mass is 260 g/mol. The molecule has 0 spiro atoms. The summed E-state index contributed by atoms with van der Waals surface area (Å²) in [5, 5.41) is 1.27. The largest absolute Gasteiger partial charge is 0.143 e. The Morgan fingerprint density at radius 2 is 2.21 bits per heavy atom. The molecule has 4 heteroatoms. The van der Waals surface area contributed by atoms with Crippen LogP contribution in [0.3, 0.4) is 0 Å². The Kier molecular flexibility index (Phi) is 3.32. The minimum Gasteiger partial charge on any atom is -0.143 e. The normalized spacial score (nSPS) is 11.1. The second-order valence-corrected chi connectivity index (χ2v) is 5.89. The summed E-state index contributed by atoms with van der Waals surface area (Å²) in [4.78, 5) is 0.989. The number of hydrogen-bond acceptors (Lipinski definition) is 3. The van der Waals surface area contributed by atoms with Crippen LogP contribution in [0.5, 0.6) is 0 Å². The molecular weight excluding hydrogens is 252 g/mol. The van der Waals surface area contributed by atoms with Crippen molar-refractivity contribution in [3.8, 4) is 0 Å². The van der Waals surface area contributed by atoms with Gasteiger partial charge in [0.15, 0.2) is 0 Å². The average molecular weight is 261 g/mol. The molecule has 0 saturated carbocycles. The summed E-state index contributed by atoms with van der Waals surface area (Å²) in [6.07, 6.45) is 2.09. The average Bonchev–Trinajstić information content (AvgIpc) is 2.59. The Bertz CT molecular complexity index is 462. The van der Waals surface area contributed by atoms with Crippen LogP contribution in [0, 0.1) is 0 Å². The SMILES string of the molecule is CSc1cc2c(CCl)cc(S)cc2s1. The van der Waals surface area contributed by atoms with Crippen LogP contribution < -0.4 is 0 Å². The van der Waals surface area contributed by atoms with Crippen LogP contribution in [0.4, 0.5) is 0 Å². The van der Waals surface area contributed by atoms with Crippen LogP contribution in [-0.4, -0.2) is 6.26 Å². The molecule has 0 aliphatic carbocycles. The van der Waals surface area contributed by atoms with Crippen molar-refractivity contribution < 1.29 is 0 Å². The zero-order valence-corrected chi connectivity index (χ0v) is 10.9. The van der Waals surface area contributed by atoms with Crippen LogP contribution in [0.2, 0.25) is 0 Å². The summed E-state index contributed by atoms with van der Waals surface area (Å²) >= 11 is 13.8. The number of fused-ring (bicyclic) bond motifs is 1. The van der Waals surface area contributed by atoms with E-state index in [1.807, 2.05) is 6.07 Å². The maximum Gasteiger partial charge on any atom is 0.0608 e. The van der Waals surface area contributed by atoms with Gasteiger partial charge in [-0.05, 0) is 35.4 Å². The summed E-state index contributed by atoms with van der Waals surface area (Å²) in [5.41, 5.74) is 1.17. The predicted molar refractivity (Wildman–Crippen MR) is 70.4 cm³/mol. The third-order valence-corrected chi connectivity index (χ3v) is 4.72. The number of thiol groups is 1. The van der Waals surface area contributed by atoms with E-state index >= 15 is 0 Å². The molecule has 1 heterocycles. The summed E-state index contributed by atoms with van der Waals surface area (Å²) in [7, 11) is 0. The van der Waals surface area contributed by atoms with Crippen molar-refractivity contribution in [2.45, 2.75) is 15.0 Å². The van der Waals surface area contributed by atoms with Gasteiger partial charge >= 0.3 is 0 Å². The quantitative estimate of drug-likeness (QED) is 0.466. The van der Waals surface area contributed by atoms with Gasteiger partial charge in [0.1, 0.15) is 0 Å². The zero-order valence-electron chi connectivity index (χ0n) is 7.58. The second-order valence-electron chi connectivity index (χ2n) is 2.92. The van der Waals surface area contributed by atoms with Gasteiger partial charge in [-0.15, -0.1) is 47.3 Å². The highest BCUT2D eigenvalue weighted by atomic mass is 35.5. The van der Waals surface area contributed by atoms with Gasteiger partial charge in [-0.1, -0.05) is 0 Å². The predicted octanol–water partition coefficient (Wildman–Crippen LogP) is 4.65. The van der Waals surface area contributed by atoms with Crippen molar-refractivity contribution in [2.24, 2.45) is 0 Å². The molecule has 0 nitrogen and oxygen atoms in total. The van der Waals surface area contributed by atoms with E-state index in [-0.39, 0.29) is 0 Å². The minimum absolute atomic E-state index is 0.551. The molecule has 0 amide bonds. The lowest BCUT2D eigenvalue weighted by atomic mass is 10.1. The fourth-order valence-corrected chi connectivity index (χ4v) is 3.69. The molecule has 0 aliphatic heterocycles. The molecule has 0 fully saturated rings. The highest BCUT2D eigenvalue weighted by Crippen LogP contribution is 2.35. The molecule has 2 rings (SSSR count). The highest BCUT2D eigenvalue weighted by molar-refractivity contribution is 8.00. The van der Waals surface area contributed by atoms with Gasteiger partial charge in [-0.3, -0.25) is 0 Å². The molecule has 0 saturated heterocycles. The lowest BCUT2D eigenvalue weighted by Crippen LogP contribution is -1.78. The van der Waals surface area contributed by atoms with Gasteiger partial charge in [0.25, 0.3) is 0 Å². The fourth-order valence-electron chi connectivity index (χ4n) is 1.38. The van der Waals surface area contributed by atoms with E-state index in [4.69, 9.17) is 11.6 Å². The summed E-state index contributed by atoms with van der Waals surface area (Å²) in [6, 6.07) is 6.34. The first-order valence-electron chi connectivity index (χ1n) is 4.10. The summed E-state index contributed by atoms with van der Waals surface area (Å²) < 4.78 is 2.60. The van der Waals surface area contributed by atoms with Crippen LogP contribution >= 0.6 is 47.3 Å². The Morgan fingerprint density at radius 1 is 1.43 bits per heavy atom. The topological polar surface area (TPSA) is 0 Å². The van der Waals surface area contributed by atoms with Crippen molar-refractivity contribution in [1.29, 1.82) is 0 Å². The van der Waals surface area contributed by atoms with Gasteiger partial charge in [0.05, 0.1) is 4.21 Å². The first-order chi connectivity index (χ1) is 6.74. The highest BCUT2D eigenvalue weighted by Gasteiger charge is 2.06. The van der Waals surface area contributed by atoms with E-state index in [0.29, 0.717) is 5.88 Å². The molecule has 0 aliphatic rings. The van der Waals surface area contributed by atoms with E-state index < -0.39 is 0 Å². The Hall–Kier alpha value is 0.170. The number of halogens is 1. The lowest BCUT2D eigenvalue weighted by Gasteiger charge is -1.99. The molecule has 2 aromatic rings. The fraction of sp³-hybridized carbons (Fsp3) is 0.200. The number of benzene rings is 1. The van der Waals surface area contributed by atoms with Crippen molar-refractivity contribution in [3.05, 3.63) is 23.8 Å². The van der Waals surface area contributed by atoms with Gasteiger partial charge in [0, 0.05) is 15.5 Å². The first kappa shape index (κ1) is 10.7. The van der Waals surface area contributed by atoms with Crippen molar-refractivity contribution in [2.75, 3.05) is 6.26 Å². The van der Waals surface area contributed by atoms with Gasteiger partial charge < -0.3 is 0 Å². The second kappa shape index (κ2) is 4.35. The first-order valence-corrected chi connectivity index (χ1v) is 7.12. The summed E-state index contributed by atoms with van der Waals surface area (Å²) in [5.74, 6) is 0.551. The van der Waals surface area contributed by atoms with E-state index in [1.54, 1.807) is 23.1 Å². The van der Waals surface area contributed by atoms with E-state index in [9.17, 15) is 0 Å². The molecule has 0 bridgehead atoms. The van der Waals surface area contributed by atoms with Crippen LogP contribution in [0.15, 0.2) is 27.3 Å². The standard InChI is InChI=1S/C10H9ClS3/c1-13-10-4-8-6(5-11)2-7(12)3-9(8)14-10/h2-4,12H,5H2,1H3. The van der Waals surface area contributed by atoms with E-state index in [2.05, 4.69) is 31.0 Å². The Labute approximate surface area is 102 Å². The van der Waals surface area contributed by atoms with Crippen LogP contribution in [0.25, 0.3) is 10.1 Å². The Morgan fingerprint density at radius 3 is 2.86 bits per heavy atom. The van der Waals surface area contributed by atoms with E-state index in [0.717, 1.165) is 4.90 Å². The number of thiophene rings is 1. The van der Waals surface area contributed by atoms with Crippen LogP contribution in [-0.2, 0) is 5.88 Å². The molecule has 0 atom stereocenters. The Balaban J connectivity index is 2.71. The molecular formula is C10H9ClS3. The smallest absolute Gasteiger partial charge is 0.0608 e. The maximum atomic E-state index is 5.89. The molecule has 74 valence electrons. The van der Waals surface area contributed by atoms with Crippen molar-refractivity contribution in [1.82, 2.24) is 0 Å². The minimum atomic E-state index is 0.551. The van der Waals surface area contributed by atoms with E-state index in [1.165, 1.54) is 19.9 Å². The molecule has 0 N–H and O–H groups in total. The van der Waals surface area contributed by atoms with Gasteiger partial charge in [0.2, 0.25) is 0 Å². The number of rotatable bonds is 2. The van der Waals surface area contributed by atoms with Gasteiger partial charge in [-0.2, -0.15) is 0 Å². The van der Waals surface area contributed by atoms with Crippen LogP contribution in [0.1, 0.15) is 5.56 Å². The molecule has 14 heavy (non-hydrogen) atoms. The lowest BCUT2D eigenvalue weighted by molar-refractivity contribution is 1.38. The maximum absolute atomic E-state index is 5.89. The third-order valence-electron chi connectivity index (χ3n) is 2.03. The molecule has 1 aromatic carbocycles. The molecule has 0 radical (unpaired) electrons. The third kappa shape index (κ3) is 1.91. The van der Waals surface area contributed by atoms with Crippen molar-refractivity contribution >= 4 is 57.4 Å². The van der Waals surface area contributed by atoms with Crippen molar-refractivity contribution in [3.63, 3.8) is 0 Å². The summed E-state index contributed by atoms with van der Waals surface area (Å²) in [6.45, 7) is 0. The zero-order chi connectivity index (χ0) is 10.1. The molecule has 0 unspecified atom stereocenters. The number of thioether (sulfide) groups is 1. The van der Waals surface area contributed by atoms with Gasteiger partial charge in [-0.25, -0.2) is 0 Å². The molecule has 1 aromatic heterocycles. The number of hydrogen-bond donors (Lipinski definition) is 1.